The number of hydrogen-bond donors (Lipinski definition) is 0. The van der Waals surface area contributed by atoms with Crippen molar-refractivity contribution in [3.8, 4) is 0 Å². The molecule has 1 saturated heterocycles. The Labute approximate surface area is 121 Å². The molecule has 0 saturated carbocycles. The summed E-state index contributed by atoms with van der Waals surface area (Å²) in [4.78, 5) is 14.4. The zero-order valence-electron chi connectivity index (χ0n) is 10.6. The maximum absolute atomic E-state index is 12.5. The van der Waals surface area contributed by atoms with Crippen LogP contribution in [0.5, 0.6) is 0 Å². The molecular formula is C14H17BrClNO. The summed E-state index contributed by atoms with van der Waals surface area (Å²) in [6.45, 7) is 5.58. The van der Waals surface area contributed by atoms with E-state index in [0.29, 0.717) is 5.92 Å². The Morgan fingerprint density at radius 3 is 2.83 bits per heavy atom. The van der Waals surface area contributed by atoms with Gasteiger partial charge in [0.1, 0.15) is 0 Å². The first kappa shape index (κ1) is 13.9. The van der Waals surface area contributed by atoms with Crippen molar-refractivity contribution in [1.82, 2.24) is 4.90 Å². The van der Waals surface area contributed by atoms with Gasteiger partial charge in [-0.15, -0.1) is 11.6 Å². The van der Waals surface area contributed by atoms with Gasteiger partial charge in [-0.1, -0.05) is 22.9 Å². The zero-order valence-corrected chi connectivity index (χ0v) is 13.0. The molecule has 2 rings (SSSR count). The minimum absolute atomic E-state index is 0.121. The maximum atomic E-state index is 12.5. The minimum atomic E-state index is 0.121. The molecule has 0 aliphatic carbocycles. The molecule has 0 N–H and O–H groups in total. The van der Waals surface area contributed by atoms with Crippen molar-refractivity contribution < 1.29 is 4.79 Å². The lowest BCUT2D eigenvalue weighted by atomic mass is 9.98. The van der Waals surface area contributed by atoms with Gasteiger partial charge in [-0.2, -0.15) is 0 Å². The van der Waals surface area contributed by atoms with Crippen LogP contribution in [-0.4, -0.2) is 29.3 Å². The third-order valence-electron chi connectivity index (χ3n) is 3.51. The van der Waals surface area contributed by atoms with Crippen LogP contribution in [-0.2, 0) is 0 Å². The number of likely N-dealkylation sites (tertiary alicyclic amines) is 1. The lowest BCUT2D eigenvalue weighted by molar-refractivity contribution is 0.0686. The number of amides is 1. The first-order valence-electron chi connectivity index (χ1n) is 6.18. The van der Waals surface area contributed by atoms with E-state index in [4.69, 9.17) is 11.6 Å². The summed E-state index contributed by atoms with van der Waals surface area (Å²) >= 11 is 9.61. The third kappa shape index (κ3) is 2.89. The maximum Gasteiger partial charge on any atom is 0.254 e. The molecular weight excluding hydrogens is 314 g/mol. The van der Waals surface area contributed by atoms with Crippen LogP contribution in [0.2, 0.25) is 0 Å². The SMILES string of the molecule is Cc1cc(Br)ccc1C(=O)N1CCC(Cl)C(C)C1. The molecule has 1 amide bonds. The fourth-order valence-electron chi connectivity index (χ4n) is 2.34. The van der Waals surface area contributed by atoms with E-state index in [-0.39, 0.29) is 11.3 Å². The first-order chi connectivity index (χ1) is 8.49. The summed E-state index contributed by atoms with van der Waals surface area (Å²) in [7, 11) is 0. The number of hydrogen-bond acceptors (Lipinski definition) is 1. The Morgan fingerprint density at radius 1 is 1.50 bits per heavy atom. The van der Waals surface area contributed by atoms with Crippen LogP contribution >= 0.6 is 27.5 Å². The van der Waals surface area contributed by atoms with Crippen molar-refractivity contribution in [1.29, 1.82) is 0 Å². The topological polar surface area (TPSA) is 20.3 Å². The number of carbonyl (C=O) groups is 1. The van der Waals surface area contributed by atoms with E-state index in [1.807, 2.05) is 30.0 Å². The van der Waals surface area contributed by atoms with Gasteiger partial charge < -0.3 is 4.90 Å². The van der Waals surface area contributed by atoms with E-state index in [1.54, 1.807) is 0 Å². The normalized spacial score (nSPS) is 24.1. The summed E-state index contributed by atoms with van der Waals surface area (Å²) in [5.74, 6) is 0.482. The van der Waals surface area contributed by atoms with Gasteiger partial charge in [0.2, 0.25) is 0 Å². The van der Waals surface area contributed by atoms with Crippen molar-refractivity contribution in [2.75, 3.05) is 13.1 Å². The number of alkyl halides is 1. The summed E-state index contributed by atoms with van der Waals surface area (Å²) in [5, 5.41) is 0.195. The van der Waals surface area contributed by atoms with Crippen LogP contribution in [0.4, 0.5) is 0 Å². The van der Waals surface area contributed by atoms with Gasteiger partial charge in [-0.3, -0.25) is 4.79 Å². The number of benzene rings is 1. The Hall–Kier alpha value is -0.540. The minimum Gasteiger partial charge on any atom is -0.338 e. The summed E-state index contributed by atoms with van der Waals surface area (Å²) in [6.07, 6.45) is 0.879. The van der Waals surface area contributed by atoms with Gasteiger partial charge in [0.05, 0.1) is 0 Å². The van der Waals surface area contributed by atoms with E-state index in [1.165, 1.54) is 0 Å². The van der Waals surface area contributed by atoms with Crippen LogP contribution in [0.1, 0.15) is 29.3 Å². The van der Waals surface area contributed by atoms with Crippen molar-refractivity contribution in [3.63, 3.8) is 0 Å². The van der Waals surface area contributed by atoms with Crippen molar-refractivity contribution in [3.05, 3.63) is 33.8 Å². The Bertz CT molecular complexity index is 463. The van der Waals surface area contributed by atoms with Crippen LogP contribution in [0.3, 0.4) is 0 Å². The average Bonchev–Trinajstić information content (AvgIpc) is 2.32. The number of piperidine rings is 1. The molecule has 1 fully saturated rings. The number of aryl methyl sites for hydroxylation is 1. The molecule has 0 spiro atoms. The first-order valence-corrected chi connectivity index (χ1v) is 7.41. The fraction of sp³-hybridized carbons (Fsp3) is 0.500. The van der Waals surface area contributed by atoms with Gasteiger partial charge in [0, 0.05) is 28.5 Å². The molecule has 2 unspecified atom stereocenters. The quantitative estimate of drug-likeness (QED) is 0.716. The third-order valence-corrected chi connectivity index (χ3v) is 4.65. The Balaban J connectivity index is 2.16. The molecule has 1 aliphatic heterocycles. The summed E-state index contributed by atoms with van der Waals surface area (Å²) in [5.41, 5.74) is 1.80. The lowest BCUT2D eigenvalue weighted by Crippen LogP contribution is -2.43. The molecule has 0 bridgehead atoms. The highest BCUT2D eigenvalue weighted by atomic mass is 79.9. The molecule has 0 aromatic heterocycles. The molecule has 98 valence electrons. The highest BCUT2D eigenvalue weighted by molar-refractivity contribution is 9.10. The Morgan fingerprint density at radius 2 is 2.22 bits per heavy atom. The van der Waals surface area contributed by atoms with Crippen molar-refractivity contribution in [2.45, 2.75) is 25.6 Å². The van der Waals surface area contributed by atoms with E-state index in [2.05, 4.69) is 22.9 Å². The molecule has 2 nitrogen and oxygen atoms in total. The smallest absolute Gasteiger partial charge is 0.254 e. The molecule has 1 aliphatic rings. The van der Waals surface area contributed by atoms with Crippen molar-refractivity contribution in [2.24, 2.45) is 5.92 Å². The fourth-order valence-corrected chi connectivity index (χ4v) is 2.99. The average molecular weight is 331 g/mol. The number of halogens is 2. The second-order valence-electron chi connectivity index (χ2n) is 4.99. The van der Waals surface area contributed by atoms with Crippen LogP contribution in [0, 0.1) is 12.8 Å². The molecule has 2 atom stereocenters. The van der Waals surface area contributed by atoms with Gasteiger partial charge in [-0.05, 0) is 43.0 Å². The lowest BCUT2D eigenvalue weighted by Gasteiger charge is -2.34. The standard InChI is InChI=1S/C14H17BrClNO/c1-9-7-11(15)3-4-12(9)14(18)17-6-5-13(16)10(2)8-17/h3-4,7,10,13H,5-6,8H2,1-2H3. The van der Waals surface area contributed by atoms with Gasteiger partial charge in [0.25, 0.3) is 5.91 Å². The summed E-state index contributed by atoms with van der Waals surface area (Å²) in [6, 6.07) is 5.78. The largest absolute Gasteiger partial charge is 0.338 e. The molecule has 18 heavy (non-hydrogen) atoms. The molecule has 1 aromatic rings. The number of rotatable bonds is 1. The Kier molecular flexibility index (Phi) is 4.33. The molecule has 1 aromatic carbocycles. The second-order valence-corrected chi connectivity index (χ2v) is 6.47. The highest BCUT2D eigenvalue weighted by Gasteiger charge is 2.28. The molecule has 4 heteroatoms. The van der Waals surface area contributed by atoms with Crippen LogP contribution < -0.4 is 0 Å². The van der Waals surface area contributed by atoms with Crippen molar-refractivity contribution >= 4 is 33.4 Å². The van der Waals surface area contributed by atoms with E-state index in [0.717, 1.165) is 35.1 Å². The monoisotopic (exact) mass is 329 g/mol. The van der Waals surface area contributed by atoms with Gasteiger partial charge in [-0.25, -0.2) is 0 Å². The molecule has 1 heterocycles. The van der Waals surface area contributed by atoms with Crippen LogP contribution in [0.25, 0.3) is 0 Å². The zero-order chi connectivity index (χ0) is 13.3. The van der Waals surface area contributed by atoms with Crippen LogP contribution in [0.15, 0.2) is 22.7 Å². The van der Waals surface area contributed by atoms with E-state index in [9.17, 15) is 4.79 Å². The van der Waals surface area contributed by atoms with E-state index >= 15 is 0 Å². The van der Waals surface area contributed by atoms with E-state index < -0.39 is 0 Å². The number of carbonyl (C=O) groups excluding carboxylic acids is 1. The summed E-state index contributed by atoms with van der Waals surface area (Å²) < 4.78 is 1.00. The number of nitrogens with zero attached hydrogens (tertiary/aromatic N) is 1. The molecule has 0 radical (unpaired) electrons. The highest BCUT2D eigenvalue weighted by Crippen LogP contribution is 2.24. The van der Waals surface area contributed by atoms with Gasteiger partial charge >= 0.3 is 0 Å². The second kappa shape index (κ2) is 5.62. The predicted molar refractivity (Wildman–Crippen MR) is 78.2 cm³/mol. The van der Waals surface area contributed by atoms with Gasteiger partial charge in [0.15, 0.2) is 0 Å². The predicted octanol–water partition coefficient (Wildman–Crippen LogP) is 3.85.